The predicted octanol–water partition coefficient (Wildman–Crippen LogP) is 2.85. The molecule has 3 heteroatoms. The van der Waals surface area contributed by atoms with Gasteiger partial charge >= 0.3 is 5.97 Å². The lowest BCUT2D eigenvalue weighted by Crippen LogP contribution is -2.09. The molecule has 0 aromatic rings. The first kappa shape index (κ1) is 13.2. The predicted molar refractivity (Wildman–Crippen MR) is 63.2 cm³/mol. The van der Waals surface area contributed by atoms with Gasteiger partial charge in [0.2, 0.25) is 0 Å². The summed E-state index contributed by atoms with van der Waals surface area (Å²) in [6.45, 7) is 3.36. The van der Waals surface area contributed by atoms with Crippen molar-refractivity contribution >= 4 is 5.97 Å². The molecule has 0 aliphatic carbocycles. The normalized spacial score (nSPS) is 18.9. The Balaban J connectivity index is 1.83. The summed E-state index contributed by atoms with van der Waals surface area (Å²) in [5.74, 6) is -0.0898. The third-order valence-electron chi connectivity index (χ3n) is 2.46. The van der Waals surface area contributed by atoms with E-state index in [9.17, 15) is 4.79 Å². The van der Waals surface area contributed by atoms with Gasteiger partial charge < -0.3 is 9.47 Å². The Labute approximate surface area is 97.8 Å². The minimum absolute atomic E-state index is 0.0898. The average molecular weight is 226 g/mol. The SMILES string of the molecule is CCC/C=C/CCCCC(=O)OCC1CO1. The molecule has 0 radical (unpaired) electrons. The van der Waals surface area contributed by atoms with Crippen LogP contribution >= 0.6 is 0 Å². The summed E-state index contributed by atoms with van der Waals surface area (Å²) >= 11 is 0. The number of hydrogen-bond acceptors (Lipinski definition) is 3. The number of carbonyl (C=O) groups is 1. The number of allylic oxidation sites excluding steroid dienone is 2. The molecule has 1 heterocycles. The molecular weight excluding hydrogens is 204 g/mol. The van der Waals surface area contributed by atoms with Gasteiger partial charge in [-0.05, 0) is 25.7 Å². The zero-order valence-corrected chi connectivity index (χ0v) is 10.1. The highest BCUT2D eigenvalue weighted by atomic mass is 16.6. The molecule has 1 aliphatic rings. The van der Waals surface area contributed by atoms with Crippen molar-refractivity contribution in [1.82, 2.24) is 0 Å². The topological polar surface area (TPSA) is 38.8 Å². The molecule has 3 nitrogen and oxygen atoms in total. The summed E-state index contributed by atoms with van der Waals surface area (Å²) < 4.78 is 9.98. The lowest BCUT2D eigenvalue weighted by molar-refractivity contribution is -0.144. The number of carbonyl (C=O) groups excluding carboxylic acids is 1. The van der Waals surface area contributed by atoms with E-state index in [0.29, 0.717) is 13.0 Å². The van der Waals surface area contributed by atoms with Crippen LogP contribution in [0.25, 0.3) is 0 Å². The highest BCUT2D eigenvalue weighted by molar-refractivity contribution is 5.69. The molecule has 0 amide bonds. The van der Waals surface area contributed by atoms with Crippen molar-refractivity contribution < 1.29 is 14.3 Å². The van der Waals surface area contributed by atoms with Gasteiger partial charge in [0.15, 0.2) is 0 Å². The van der Waals surface area contributed by atoms with Gasteiger partial charge in [0, 0.05) is 6.42 Å². The van der Waals surface area contributed by atoms with Gasteiger partial charge in [-0.1, -0.05) is 25.5 Å². The minimum atomic E-state index is -0.0898. The van der Waals surface area contributed by atoms with Gasteiger partial charge in [-0.25, -0.2) is 0 Å². The lowest BCUT2D eigenvalue weighted by atomic mass is 10.2. The van der Waals surface area contributed by atoms with Crippen LogP contribution in [0.4, 0.5) is 0 Å². The van der Waals surface area contributed by atoms with Crippen LogP contribution in [-0.4, -0.2) is 25.3 Å². The van der Waals surface area contributed by atoms with E-state index in [-0.39, 0.29) is 12.1 Å². The number of ether oxygens (including phenoxy) is 2. The number of esters is 1. The number of hydrogen-bond donors (Lipinski definition) is 0. The molecule has 0 saturated carbocycles. The van der Waals surface area contributed by atoms with E-state index in [1.54, 1.807) is 0 Å². The van der Waals surface area contributed by atoms with Gasteiger partial charge in [0.1, 0.15) is 12.7 Å². The van der Waals surface area contributed by atoms with Crippen LogP contribution in [0.3, 0.4) is 0 Å². The van der Waals surface area contributed by atoms with Gasteiger partial charge in [-0.2, -0.15) is 0 Å². The minimum Gasteiger partial charge on any atom is -0.463 e. The van der Waals surface area contributed by atoms with Crippen molar-refractivity contribution in [3.05, 3.63) is 12.2 Å². The molecule has 0 spiro atoms. The second-order valence-electron chi connectivity index (χ2n) is 4.14. The smallest absolute Gasteiger partial charge is 0.305 e. The van der Waals surface area contributed by atoms with Gasteiger partial charge in [0.05, 0.1) is 6.61 Å². The summed E-state index contributed by atoms with van der Waals surface area (Å²) in [7, 11) is 0. The summed E-state index contributed by atoms with van der Waals surface area (Å²) in [5.41, 5.74) is 0. The highest BCUT2D eigenvalue weighted by Crippen LogP contribution is 2.10. The molecule has 16 heavy (non-hydrogen) atoms. The van der Waals surface area contributed by atoms with Crippen LogP contribution in [0.2, 0.25) is 0 Å². The average Bonchev–Trinajstić information content (AvgIpc) is 3.09. The molecule has 0 bridgehead atoms. The fourth-order valence-electron chi connectivity index (χ4n) is 1.36. The fourth-order valence-corrected chi connectivity index (χ4v) is 1.36. The molecule has 0 aromatic heterocycles. The Kier molecular flexibility index (Phi) is 6.90. The molecule has 1 aliphatic heterocycles. The van der Waals surface area contributed by atoms with Crippen LogP contribution in [0, 0.1) is 0 Å². The van der Waals surface area contributed by atoms with E-state index in [0.717, 1.165) is 32.3 Å². The molecular formula is C13H22O3. The Morgan fingerprint density at radius 1 is 1.38 bits per heavy atom. The van der Waals surface area contributed by atoms with E-state index in [1.165, 1.54) is 6.42 Å². The van der Waals surface area contributed by atoms with E-state index >= 15 is 0 Å². The van der Waals surface area contributed by atoms with Crippen LogP contribution in [0.1, 0.15) is 45.4 Å². The van der Waals surface area contributed by atoms with Gasteiger partial charge in [-0.3, -0.25) is 4.79 Å². The number of epoxide rings is 1. The van der Waals surface area contributed by atoms with Crippen LogP contribution in [-0.2, 0) is 14.3 Å². The second-order valence-corrected chi connectivity index (χ2v) is 4.14. The first-order chi connectivity index (χ1) is 7.83. The highest BCUT2D eigenvalue weighted by Gasteiger charge is 2.23. The van der Waals surface area contributed by atoms with Crippen molar-refractivity contribution in [3.63, 3.8) is 0 Å². The number of unbranched alkanes of at least 4 members (excludes halogenated alkanes) is 3. The Bertz CT molecular complexity index is 219. The summed E-state index contributed by atoms with van der Waals surface area (Å²) in [4.78, 5) is 11.2. The molecule has 1 saturated heterocycles. The molecule has 0 aromatic carbocycles. The van der Waals surface area contributed by atoms with Crippen LogP contribution in [0.5, 0.6) is 0 Å². The molecule has 92 valence electrons. The van der Waals surface area contributed by atoms with Gasteiger partial charge in [-0.15, -0.1) is 0 Å². The van der Waals surface area contributed by atoms with Crippen LogP contribution in [0.15, 0.2) is 12.2 Å². The lowest BCUT2D eigenvalue weighted by Gasteiger charge is -2.01. The first-order valence-electron chi connectivity index (χ1n) is 6.25. The standard InChI is InChI=1S/C13H22O3/c1-2-3-4-5-6-7-8-9-13(14)16-11-12-10-15-12/h4-5,12H,2-3,6-11H2,1H3/b5-4+. The van der Waals surface area contributed by atoms with E-state index < -0.39 is 0 Å². The van der Waals surface area contributed by atoms with Crippen molar-refractivity contribution in [2.75, 3.05) is 13.2 Å². The Hall–Kier alpha value is -0.830. The molecule has 1 unspecified atom stereocenters. The third kappa shape index (κ3) is 7.46. The maximum Gasteiger partial charge on any atom is 0.305 e. The zero-order chi connectivity index (χ0) is 11.6. The van der Waals surface area contributed by atoms with Crippen LogP contribution < -0.4 is 0 Å². The fraction of sp³-hybridized carbons (Fsp3) is 0.769. The van der Waals surface area contributed by atoms with Gasteiger partial charge in [0.25, 0.3) is 0 Å². The maximum absolute atomic E-state index is 11.2. The van der Waals surface area contributed by atoms with E-state index in [2.05, 4.69) is 19.1 Å². The Morgan fingerprint density at radius 2 is 2.12 bits per heavy atom. The van der Waals surface area contributed by atoms with E-state index in [4.69, 9.17) is 9.47 Å². The van der Waals surface area contributed by atoms with Crippen molar-refractivity contribution in [1.29, 1.82) is 0 Å². The van der Waals surface area contributed by atoms with Crippen molar-refractivity contribution in [3.8, 4) is 0 Å². The molecule has 1 fully saturated rings. The third-order valence-corrected chi connectivity index (χ3v) is 2.46. The van der Waals surface area contributed by atoms with E-state index in [1.807, 2.05) is 0 Å². The largest absolute Gasteiger partial charge is 0.463 e. The monoisotopic (exact) mass is 226 g/mol. The number of rotatable bonds is 9. The van der Waals surface area contributed by atoms with Crippen molar-refractivity contribution in [2.45, 2.75) is 51.6 Å². The van der Waals surface area contributed by atoms with Crippen molar-refractivity contribution in [2.24, 2.45) is 0 Å². The molecule has 0 N–H and O–H groups in total. The summed E-state index contributed by atoms with van der Waals surface area (Å²) in [5, 5.41) is 0. The second kappa shape index (κ2) is 8.34. The summed E-state index contributed by atoms with van der Waals surface area (Å²) in [6, 6.07) is 0. The molecule has 1 rings (SSSR count). The quantitative estimate of drug-likeness (QED) is 0.263. The molecule has 1 atom stereocenters. The Morgan fingerprint density at radius 3 is 2.81 bits per heavy atom. The maximum atomic E-state index is 11.2. The first-order valence-corrected chi connectivity index (χ1v) is 6.25. The zero-order valence-electron chi connectivity index (χ0n) is 10.1. The summed E-state index contributed by atoms with van der Waals surface area (Å²) in [6.07, 6.45) is 10.5.